The van der Waals surface area contributed by atoms with Gasteiger partial charge in [-0.05, 0) is 31.4 Å². The summed E-state index contributed by atoms with van der Waals surface area (Å²) in [6.45, 7) is 0.104. The first-order chi connectivity index (χ1) is 8.86. The summed E-state index contributed by atoms with van der Waals surface area (Å²) in [5, 5.41) is 22.6. The molecule has 1 saturated carbocycles. The Hall–Kier alpha value is -1.40. The summed E-state index contributed by atoms with van der Waals surface area (Å²) in [7, 11) is 0. The SMILES string of the molecule is OCCC(Nc1nnc(C2CC2)s1)c1ccco1. The molecular weight excluding hydrogens is 250 g/mol. The molecule has 1 aliphatic carbocycles. The Balaban J connectivity index is 1.70. The third-order valence-corrected chi connectivity index (χ3v) is 3.99. The van der Waals surface area contributed by atoms with Crippen LogP contribution in [0.15, 0.2) is 22.8 Å². The number of hydrogen-bond donors (Lipinski definition) is 2. The summed E-state index contributed by atoms with van der Waals surface area (Å²) in [6, 6.07) is 3.69. The van der Waals surface area contributed by atoms with Crippen molar-refractivity contribution in [3.05, 3.63) is 29.2 Å². The van der Waals surface area contributed by atoms with E-state index < -0.39 is 0 Å². The molecule has 0 aliphatic heterocycles. The summed E-state index contributed by atoms with van der Waals surface area (Å²) < 4.78 is 5.37. The normalized spacial score (nSPS) is 16.7. The van der Waals surface area contributed by atoms with Gasteiger partial charge in [-0.3, -0.25) is 0 Å². The molecule has 5 nitrogen and oxygen atoms in total. The monoisotopic (exact) mass is 265 g/mol. The molecule has 0 radical (unpaired) electrons. The van der Waals surface area contributed by atoms with Crippen LogP contribution in [0.3, 0.4) is 0 Å². The quantitative estimate of drug-likeness (QED) is 0.840. The van der Waals surface area contributed by atoms with Crippen LogP contribution in [0.2, 0.25) is 0 Å². The predicted octanol–water partition coefficient (Wildman–Crippen LogP) is 2.54. The maximum absolute atomic E-state index is 9.10. The van der Waals surface area contributed by atoms with Crippen LogP contribution in [-0.2, 0) is 0 Å². The lowest BCUT2D eigenvalue weighted by molar-refractivity contribution is 0.273. The molecular formula is C12H15N3O2S. The summed E-state index contributed by atoms with van der Waals surface area (Å²) in [5.41, 5.74) is 0. The minimum Gasteiger partial charge on any atom is -0.467 e. The Labute approximate surface area is 109 Å². The summed E-state index contributed by atoms with van der Waals surface area (Å²) in [6.07, 6.45) is 4.68. The molecule has 2 aromatic heterocycles. The standard InChI is InChI=1S/C12H15N3O2S/c16-6-5-9(10-2-1-7-17-10)13-12-15-14-11(18-12)8-3-4-8/h1-2,7-9,16H,3-6H2,(H,13,15). The maximum Gasteiger partial charge on any atom is 0.206 e. The van der Waals surface area contributed by atoms with Crippen LogP contribution < -0.4 is 5.32 Å². The third kappa shape index (κ3) is 2.54. The Kier molecular flexibility index (Phi) is 3.29. The van der Waals surface area contributed by atoms with E-state index in [1.165, 1.54) is 12.8 Å². The first-order valence-corrected chi connectivity index (χ1v) is 6.92. The summed E-state index contributed by atoms with van der Waals surface area (Å²) in [4.78, 5) is 0. The van der Waals surface area contributed by atoms with Crippen LogP contribution in [-0.4, -0.2) is 21.9 Å². The van der Waals surface area contributed by atoms with Crippen molar-refractivity contribution in [2.75, 3.05) is 11.9 Å². The van der Waals surface area contributed by atoms with Gasteiger partial charge in [-0.15, -0.1) is 10.2 Å². The van der Waals surface area contributed by atoms with Crippen molar-refractivity contribution in [3.8, 4) is 0 Å². The number of rotatable bonds is 6. The van der Waals surface area contributed by atoms with E-state index in [9.17, 15) is 0 Å². The second kappa shape index (κ2) is 5.07. The van der Waals surface area contributed by atoms with Gasteiger partial charge in [-0.2, -0.15) is 0 Å². The minimum absolute atomic E-state index is 0.0509. The van der Waals surface area contributed by atoms with Gasteiger partial charge in [0, 0.05) is 12.5 Å². The zero-order valence-corrected chi connectivity index (χ0v) is 10.7. The van der Waals surface area contributed by atoms with Crippen molar-refractivity contribution < 1.29 is 9.52 Å². The van der Waals surface area contributed by atoms with E-state index in [1.54, 1.807) is 17.6 Å². The fourth-order valence-corrected chi connectivity index (χ4v) is 2.81. The van der Waals surface area contributed by atoms with Crippen LogP contribution in [0.25, 0.3) is 0 Å². The van der Waals surface area contributed by atoms with Crippen LogP contribution >= 0.6 is 11.3 Å². The van der Waals surface area contributed by atoms with Gasteiger partial charge >= 0.3 is 0 Å². The van der Waals surface area contributed by atoms with Gasteiger partial charge in [-0.1, -0.05) is 11.3 Å². The van der Waals surface area contributed by atoms with Gasteiger partial charge in [0.25, 0.3) is 0 Å². The van der Waals surface area contributed by atoms with Crippen molar-refractivity contribution in [1.82, 2.24) is 10.2 Å². The zero-order chi connectivity index (χ0) is 12.4. The van der Waals surface area contributed by atoms with Gasteiger partial charge in [0.1, 0.15) is 10.8 Å². The lowest BCUT2D eigenvalue weighted by Crippen LogP contribution is -2.11. The van der Waals surface area contributed by atoms with E-state index in [4.69, 9.17) is 9.52 Å². The van der Waals surface area contributed by atoms with Crippen LogP contribution in [0.4, 0.5) is 5.13 Å². The molecule has 0 amide bonds. The van der Waals surface area contributed by atoms with E-state index in [-0.39, 0.29) is 12.6 Å². The Morgan fingerprint density at radius 2 is 2.39 bits per heavy atom. The molecule has 96 valence electrons. The van der Waals surface area contributed by atoms with Gasteiger partial charge in [-0.25, -0.2) is 0 Å². The first-order valence-electron chi connectivity index (χ1n) is 6.11. The molecule has 18 heavy (non-hydrogen) atoms. The number of anilines is 1. The highest BCUT2D eigenvalue weighted by Crippen LogP contribution is 2.42. The maximum atomic E-state index is 9.10. The van der Waals surface area contributed by atoms with Gasteiger partial charge in [0.05, 0.1) is 12.3 Å². The number of aromatic nitrogens is 2. The predicted molar refractivity (Wildman–Crippen MR) is 68.7 cm³/mol. The molecule has 1 fully saturated rings. The highest BCUT2D eigenvalue weighted by atomic mass is 32.1. The molecule has 2 heterocycles. The number of nitrogens with zero attached hydrogens (tertiary/aromatic N) is 2. The highest BCUT2D eigenvalue weighted by molar-refractivity contribution is 7.15. The van der Waals surface area contributed by atoms with E-state index in [0.29, 0.717) is 12.3 Å². The second-order valence-corrected chi connectivity index (χ2v) is 5.45. The lowest BCUT2D eigenvalue weighted by atomic mass is 10.1. The molecule has 6 heteroatoms. The molecule has 3 rings (SSSR count). The average molecular weight is 265 g/mol. The number of aliphatic hydroxyl groups is 1. The first kappa shape index (κ1) is 11.7. The van der Waals surface area contributed by atoms with E-state index >= 15 is 0 Å². The van der Waals surface area contributed by atoms with Gasteiger partial charge in [0.2, 0.25) is 5.13 Å². The highest BCUT2D eigenvalue weighted by Gasteiger charge is 2.28. The van der Waals surface area contributed by atoms with Gasteiger partial charge < -0.3 is 14.8 Å². The Morgan fingerprint density at radius 1 is 1.50 bits per heavy atom. The molecule has 0 spiro atoms. The van der Waals surface area contributed by atoms with Gasteiger partial charge in [0.15, 0.2) is 0 Å². The lowest BCUT2D eigenvalue weighted by Gasteiger charge is -2.13. The van der Waals surface area contributed by atoms with E-state index in [2.05, 4.69) is 15.5 Å². The molecule has 0 bridgehead atoms. The number of hydrogen-bond acceptors (Lipinski definition) is 6. The van der Waals surface area contributed by atoms with E-state index in [0.717, 1.165) is 15.9 Å². The van der Waals surface area contributed by atoms with Crippen molar-refractivity contribution in [1.29, 1.82) is 0 Å². The Morgan fingerprint density at radius 3 is 3.06 bits per heavy atom. The average Bonchev–Trinajstić information content (AvgIpc) is 2.92. The minimum atomic E-state index is -0.0509. The number of nitrogens with one attached hydrogen (secondary N) is 1. The van der Waals surface area contributed by atoms with Crippen molar-refractivity contribution in [2.45, 2.75) is 31.2 Å². The number of aliphatic hydroxyl groups excluding tert-OH is 1. The molecule has 1 atom stereocenters. The molecule has 0 saturated heterocycles. The van der Waals surface area contributed by atoms with Crippen molar-refractivity contribution >= 4 is 16.5 Å². The van der Waals surface area contributed by atoms with Crippen LogP contribution in [0, 0.1) is 0 Å². The second-order valence-electron chi connectivity index (χ2n) is 4.44. The van der Waals surface area contributed by atoms with Crippen LogP contribution in [0.1, 0.15) is 42.0 Å². The number of furan rings is 1. The van der Waals surface area contributed by atoms with Crippen LogP contribution in [0.5, 0.6) is 0 Å². The fourth-order valence-electron chi connectivity index (χ4n) is 1.84. The molecule has 1 unspecified atom stereocenters. The molecule has 0 aromatic carbocycles. The molecule has 2 aromatic rings. The molecule has 2 N–H and O–H groups in total. The summed E-state index contributed by atoms with van der Waals surface area (Å²) >= 11 is 1.60. The van der Waals surface area contributed by atoms with Crippen molar-refractivity contribution in [3.63, 3.8) is 0 Å². The van der Waals surface area contributed by atoms with E-state index in [1.807, 2.05) is 12.1 Å². The topological polar surface area (TPSA) is 71.2 Å². The molecule has 1 aliphatic rings. The third-order valence-electron chi connectivity index (χ3n) is 2.97. The zero-order valence-electron chi connectivity index (χ0n) is 9.87. The largest absolute Gasteiger partial charge is 0.467 e. The summed E-state index contributed by atoms with van der Waals surface area (Å²) in [5.74, 6) is 1.44. The smallest absolute Gasteiger partial charge is 0.206 e. The fraction of sp³-hybridized carbons (Fsp3) is 0.500. The van der Waals surface area contributed by atoms with Crippen molar-refractivity contribution in [2.24, 2.45) is 0 Å². The Bertz CT molecular complexity index is 493.